The Bertz CT molecular complexity index is 1430. The fraction of sp³-hybridized carbons (Fsp3) is 0.261. The number of benzene rings is 2. The van der Waals surface area contributed by atoms with Crippen LogP contribution in [0.5, 0.6) is 0 Å². The van der Waals surface area contributed by atoms with E-state index in [9.17, 15) is 24.5 Å². The van der Waals surface area contributed by atoms with Gasteiger partial charge in [-0.3, -0.25) is 24.6 Å². The van der Waals surface area contributed by atoms with Gasteiger partial charge in [0.25, 0.3) is 5.69 Å². The van der Waals surface area contributed by atoms with E-state index < -0.39 is 34.3 Å². The molecule has 2 aliphatic rings. The number of amides is 1. The van der Waals surface area contributed by atoms with Gasteiger partial charge < -0.3 is 9.47 Å². The summed E-state index contributed by atoms with van der Waals surface area (Å²) < 4.78 is 12.5. The fourth-order valence-corrected chi connectivity index (χ4v) is 5.45. The molecule has 3 atom stereocenters. The van der Waals surface area contributed by atoms with Crippen molar-refractivity contribution >= 4 is 46.3 Å². The van der Waals surface area contributed by atoms with Gasteiger partial charge in [0.1, 0.15) is 35.2 Å². The summed E-state index contributed by atoms with van der Waals surface area (Å²) in [6, 6.07) is 10.9. The molecule has 184 valence electrons. The zero-order valence-electron chi connectivity index (χ0n) is 19.1. The third-order valence-electron chi connectivity index (χ3n) is 5.97. The van der Waals surface area contributed by atoms with Gasteiger partial charge in [0, 0.05) is 31.5 Å². The zero-order valence-corrected chi connectivity index (χ0v) is 19.9. The normalized spacial score (nSPS) is 19.3. The molecule has 2 aromatic carbocycles. The number of aryl methyl sites for hydroxylation is 1. The van der Waals surface area contributed by atoms with E-state index in [0.717, 1.165) is 5.52 Å². The summed E-state index contributed by atoms with van der Waals surface area (Å²) in [4.78, 5) is 49.3. The van der Waals surface area contributed by atoms with Crippen LogP contribution in [0.4, 0.5) is 5.69 Å². The molecule has 0 bridgehead atoms. The molecule has 0 aliphatic carbocycles. The minimum absolute atomic E-state index is 0.0687. The highest BCUT2D eigenvalue weighted by Gasteiger charge is 2.58. The first-order valence-corrected chi connectivity index (χ1v) is 11.7. The zero-order chi connectivity index (χ0) is 25.6. The van der Waals surface area contributed by atoms with Crippen LogP contribution in [0.25, 0.3) is 11.0 Å². The summed E-state index contributed by atoms with van der Waals surface area (Å²) in [6.07, 6.45) is -0.862. The Kier molecular flexibility index (Phi) is 5.92. The molecule has 0 radical (unpaired) electrons. The highest BCUT2D eigenvalue weighted by atomic mass is 32.2. The van der Waals surface area contributed by atoms with Crippen LogP contribution in [0, 0.1) is 16.0 Å². The van der Waals surface area contributed by atoms with Crippen molar-refractivity contribution in [3.63, 3.8) is 0 Å². The van der Waals surface area contributed by atoms with Crippen molar-refractivity contribution in [1.29, 1.82) is 0 Å². The number of rotatable bonds is 7. The number of esters is 2. The van der Waals surface area contributed by atoms with E-state index in [1.54, 1.807) is 35.3 Å². The molecule has 1 saturated heterocycles. The quantitative estimate of drug-likeness (QED) is 0.201. The average Bonchev–Trinajstić information content (AvgIpc) is 3.42. The highest BCUT2D eigenvalue weighted by Crippen LogP contribution is 2.50. The minimum atomic E-state index is -0.862. The standard InChI is InChI=1S/C23H19N5O7S/c1-12(29)35-20(14-5-8-17-16(9-14)24-25-26(17)2)19-21(30)27-18(11-36-22(19)27)23(31)34-10-13-3-6-15(7-4-13)28(32)33/h3-9,11,19-20,22H,10H2,1-2H3. The average molecular weight is 510 g/mol. The molecule has 3 aromatic rings. The summed E-state index contributed by atoms with van der Waals surface area (Å²) >= 11 is 1.27. The van der Waals surface area contributed by atoms with Gasteiger partial charge in [-0.05, 0) is 35.4 Å². The van der Waals surface area contributed by atoms with Gasteiger partial charge in [-0.25, -0.2) is 9.48 Å². The van der Waals surface area contributed by atoms with Crippen LogP contribution in [0.3, 0.4) is 0 Å². The largest absolute Gasteiger partial charge is 0.457 e. The Hall–Kier alpha value is -4.26. The van der Waals surface area contributed by atoms with Crippen molar-refractivity contribution in [2.75, 3.05) is 0 Å². The van der Waals surface area contributed by atoms with Gasteiger partial charge in [0.05, 0.1) is 10.4 Å². The summed E-state index contributed by atoms with van der Waals surface area (Å²) in [6.45, 7) is 1.17. The smallest absolute Gasteiger partial charge is 0.355 e. The second-order valence-electron chi connectivity index (χ2n) is 8.25. The first-order chi connectivity index (χ1) is 17.2. The second kappa shape index (κ2) is 9.07. The predicted molar refractivity (Wildman–Crippen MR) is 126 cm³/mol. The number of hydrogen-bond acceptors (Lipinski definition) is 10. The number of aromatic nitrogens is 3. The topological polar surface area (TPSA) is 147 Å². The maximum atomic E-state index is 13.2. The first-order valence-electron chi connectivity index (χ1n) is 10.8. The number of nitro benzene ring substituents is 1. The van der Waals surface area contributed by atoms with Gasteiger partial charge in [0.2, 0.25) is 5.91 Å². The fourth-order valence-electron chi connectivity index (χ4n) is 4.20. The molecular weight excluding hydrogens is 490 g/mol. The molecule has 3 unspecified atom stereocenters. The van der Waals surface area contributed by atoms with Crippen molar-refractivity contribution in [3.8, 4) is 0 Å². The van der Waals surface area contributed by atoms with Crippen LogP contribution >= 0.6 is 11.8 Å². The van der Waals surface area contributed by atoms with Gasteiger partial charge in [-0.1, -0.05) is 11.3 Å². The predicted octanol–water partition coefficient (Wildman–Crippen LogP) is 2.60. The molecule has 12 nitrogen and oxygen atoms in total. The van der Waals surface area contributed by atoms with Gasteiger partial charge in [0.15, 0.2) is 0 Å². The van der Waals surface area contributed by atoms with Gasteiger partial charge in [-0.15, -0.1) is 16.9 Å². The van der Waals surface area contributed by atoms with Crippen molar-refractivity contribution in [2.24, 2.45) is 13.0 Å². The number of nitrogens with zero attached hydrogens (tertiary/aromatic N) is 5. The van der Waals surface area contributed by atoms with Crippen molar-refractivity contribution < 1.29 is 28.8 Å². The molecule has 1 aromatic heterocycles. The monoisotopic (exact) mass is 509 g/mol. The third-order valence-corrected chi connectivity index (χ3v) is 7.11. The van der Waals surface area contributed by atoms with Gasteiger partial charge in [-0.2, -0.15) is 0 Å². The van der Waals surface area contributed by atoms with E-state index in [-0.39, 0.29) is 23.9 Å². The van der Waals surface area contributed by atoms with E-state index in [2.05, 4.69) is 10.3 Å². The van der Waals surface area contributed by atoms with Crippen LogP contribution in [-0.4, -0.2) is 48.0 Å². The van der Waals surface area contributed by atoms with Crippen LogP contribution in [0.2, 0.25) is 0 Å². The number of nitro groups is 1. The lowest BCUT2D eigenvalue weighted by Crippen LogP contribution is -2.59. The Morgan fingerprint density at radius 2 is 1.97 bits per heavy atom. The van der Waals surface area contributed by atoms with E-state index in [1.165, 1.54) is 47.9 Å². The number of carbonyl (C=O) groups is 3. The lowest BCUT2D eigenvalue weighted by molar-refractivity contribution is -0.384. The minimum Gasteiger partial charge on any atom is -0.457 e. The van der Waals surface area contributed by atoms with Crippen molar-refractivity contribution in [3.05, 3.63) is 74.8 Å². The highest BCUT2D eigenvalue weighted by molar-refractivity contribution is 8.03. The lowest BCUT2D eigenvalue weighted by Gasteiger charge is -2.45. The number of non-ortho nitro benzene ring substituents is 1. The van der Waals surface area contributed by atoms with Crippen LogP contribution < -0.4 is 0 Å². The number of carbonyl (C=O) groups excluding carboxylic acids is 3. The van der Waals surface area contributed by atoms with E-state index in [0.29, 0.717) is 16.6 Å². The summed E-state index contributed by atoms with van der Waals surface area (Å²) in [5, 5.41) is 20.0. The molecule has 13 heteroatoms. The first kappa shape index (κ1) is 23.5. The number of thioether (sulfide) groups is 1. The van der Waals surface area contributed by atoms with Crippen molar-refractivity contribution in [1.82, 2.24) is 19.9 Å². The molecule has 3 heterocycles. The summed E-state index contributed by atoms with van der Waals surface area (Å²) in [5.41, 5.74) is 2.59. The van der Waals surface area contributed by atoms with Crippen LogP contribution in [0.1, 0.15) is 24.2 Å². The Labute approximate surface area is 208 Å². The Balaban J connectivity index is 1.29. The molecule has 0 N–H and O–H groups in total. The maximum Gasteiger partial charge on any atom is 0.355 e. The van der Waals surface area contributed by atoms with E-state index in [1.807, 2.05) is 0 Å². The van der Waals surface area contributed by atoms with Crippen LogP contribution in [0.15, 0.2) is 53.6 Å². The third kappa shape index (κ3) is 4.06. The van der Waals surface area contributed by atoms with E-state index >= 15 is 0 Å². The number of β-lactam (4-membered cyclic amide) rings is 1. The molecule has 0 spiro atoms. The number of fused-ring (bicyclic) bond motifs is 2. The van der Waals surface area contributed by atoms with Crippen LogP contribution in [-0.2, 0) is 37.5 Å². The molecular formula is C23H19N5O7S. The molecule has 5 rings (SSSR count). The molecule has 2 aliphatic heterocycles. The van der Waals surface area contributed by atoms with E-state index in [4.69, 9.17) is 9.47 Å². The second-order valence-corrected chi connectivity index (χ2v) is 9.25. The molecule has 36 heavy (non-hydrogen) atoms. The lowest BCUT2D eigenvalue weighted by atomic mass is 9.87. The van der Waals surface area contributed by atoms with Crippen molar-refractivity contribution in [2.45, 2.75) is 25.0 Å². The number of hydrogen-bond donors (Lipinski definition) is 0. The molecule has 0 saturated carbocycles. The maximum absolute atomic E-state index is 13.2. The summed E-state index contributed by atoms with van der Waals surface area (Å²) in [7, 11) is 1.76. The molecule has 1 fully saturated rings. The Morgan fingerprint density at radius 1 is 1.22 bits per heavy atom. The SMILES string of the molecule is CC(=O)OC(c1ccc2c(c1)nnn2C)C1C(=O)N2C(C(=O)OCc3ccc([N+](=O)[O-])cc3)=CSC12. The summed E-state index contributed by atoms with van der Waals surface area (Å²) in [5.74, 6) is -2.30. The number of ether oxygens (including phenoxy) is 2. The Morgan fingerprint density at radius 3 is 2.67 bits per heavy atom. The van der Waals surface area contributed by atoms with Gasteiger partial charge >= 0.3 is 11.9 Å². The molecule has 1 amide bonds.